The molecule has 1 atom stereocenters. The van der Waals surface area contributed by atoms with Gasteiger partial charge in [-0.15, -0.1) is 0 Å². The van der Waals surface area contributed by atoms with Gasteiger partial charge in [-0.1, -0.05) is 6.07 Å². The number of aryl methyl sites for hydroxylation is 2. The van der Waals surface area contributed by atoms with Crippen LogP contribution in [0.1, 0.15) is 37.2 Å². The zero-order valence-corrected chi connectivity index (χ0v) is 15.4. The largest absolute Gasteiger partial charge is 0.355 e. The Labute approximate surface area is 149 Å². The third-order valence-electron chi connectivity index (χ3n) is 4.75. The second kappa shape index (κ2) is 7.68. The predicted octanol–water partition coefficient (Wildman–Crippen LogP) is 2.58. The average Bonchev–Trinajstić information content (AvgIpc) is 2.81. The lowest BCUT2D eigenvalue weighted by atomic mass is 10.2. The van der Waals surface area contributed by atoms with Crippen LogP contribution in [0.15, 0.2) is 30.5 Å². The Morgan fingerprint density at radius 2 is 2.04 bits per heavy atom. The Hall–Kier alpha value is -2.37. The van der Waals surface area contributed by atoms with E-state index in [4.69, 9.17) is 0 Å². The summed E-state index contributed by atoms with van der Waals surface area (Å²) in [5.74, 6) is 1.20. The number of anilines is 1. The number of aromatic nitrogens is 3. The first kappa shape index (κ1) is 17.5. The van der Waals surface area contributed by atoms with Crippen molar-refractivity contribution in [1.29, 1.82) is 0 Å². The fourth-order valence-electron chi connectivity index (χ4n) is 3.50. The van der Waals surface area contributed by atoms with E-state index < -0.39 is 0 Å². The zero-order chi connectivity index (χ0) is 17.8. The smallest absolute Gasteiger partial charge is 0.224 e. The standard InChI is InChI=1S/C19H27N5O/c1-15-13-16(2)24(21-15)17(3)14-19(25)23-10-6-9-22(11-12-23)18-7-4-5-8-20-18/h4-5,7-8,13,17H,6,9-12,14H2,1-3H3/t17-/m1/s1. The number of hydrogen-bond acceptors (Lipinski definition) is 4. The first-order valence-corrected chi connectivity index (χ1v) is 9.01. The molecule has 0 radical (unpaired) electrons. The summed E-state index contributed by atoms with van der Waals surface area (Å²) >= 11 is 0. The second-order valence-corrected chi connectivity index (χ2v) is 6.83. The number of pyridine rings is 1. The van der Waals surface area contributed by atoms with Crippen molar-refractivity contribution in [2.75, 3.05) is 31.1 Å². The summed E-state index contributed by atoms with van der Waals surface area (Å²) in [4.78, 5) is 21.4. The van der Waals surface area contributed by atoms with Crippen molar-refractivity contribution in [2.24, 2.45) is 0 Å². The summed E-state index contributed by atoms with van der Waals surface area (Å²) < 4.78 is 1.96. The van der Waals surface area contributed by atoms with Crippen LogP contribution in [0.3, 0.4) is 0 Å². The molecule has 0 unspecified atom stereocenters. The third kappa shape index (κ3) is 4.18. The minimum Gasteiger partial charge on any atom is -0.355 e. The number of amides is 1. The minimum atomic E-state index is 0.0800. The lowest BCUT2D eigenvalue weighted by Gasteiger charge is -2.24. The van der Waals surface area contributed by atoms with Crippen molar-refractivity contribution >= 4 is 11.7 Å². The predicted molar refractivity (Wildman–Crippen MR) is 98.7 cm³/mol. The molecule has 2 aromatic heterocycles. The van der Waals surface area contributed by atoms with Gasteiger partial charge in [0.05, 0.1) is 11.7 Å². The van der Waals surface area contributed by atoms with Crippen molar-refractivity contribution in [1.82, 2.24) is 19.7 Å². The van der Waals surface area contributed by atoms with Crippen molar-refractivity contribution in [2.45, 2.75) is 39.7 Å². The molecule has 0 bridgehead atoms. The summed E-state index contributed by atoms with van der Waals surface area (Å²) in [6.07, 6.45) is 3.28. The molecule has 1 fully saturated rings. The number of carbonyl (C=O) groups excluding carboxylic acids is 1. The Morgan fingerprint density at radius 3 is 2.72 bits per heavy atom. The topological polar surface area (TPSA) is 54.3 Å². The molecule has 134 valence electrons. The molecule has 3 rings (SSSR count). The van der Waals surface area contributed by atoms with Crippen LogP contribution in [-0.2, 0) is 4.79 Å². The number of hydrogen-bond donors (Lipinski definition) is 0. The molecule has 1 saturated heterocycles. The summed E-state index contributed by atoms with van der Waals surface area (Å²) in [6.45, 7) is 9.42. The van der Waals surface area contributed by atoms with Gasteiger partial charge in [0.15, 0.2) is 0 Å². The van der Waals surface area contributed by atoms with Crippen LogP contribution >= 0.6 is 0 Å². The van der Waals surface area contributed by atoms with E-state index in [1.807, 2.05) is 47.8 Å². The SMILES string of the molecule is Cc1cc(C)n([C@H](C)CC(=O)N2CCCN(c3ccccn3)CC2)n1. The molecule has 0 aliphatic carbocycles. The normalized spacial score (nSPS) is 16.6. The Morgan fingerprint density at radius 1 is 1.20 bits per heavy atom. The molecule has 3 heterocycles. The van der Waals surface area contributed by atoms with Gasteiger partial charge in [-0.25, -0.2) is 4.98 Å². The first-order chi connectivity index (χ1) is 12.0. The van der Waals surface area contributed by atoms with E-state index in [2.05, 4.69) is 28.0 Å². The zero-order valence-electron chi connectivity index (χ0n) is 15.4. The molecule has 0 aromatic carbocycles. The molecule has 0 N–H and O–H groups in total. The molecule has 25 heavy (non-hydrogen) atoms. The quantitative estimate of drug-likeness (QED) is 0.858. The molecule has 1 amide bonds. The Bertz CT molecular complexity index is 712. The van der Waals surface area contributed by atoms with E-state index in [1.54, 1.807) is 0 Å². The van der Waals surface area contributed by atoms with Crippen molar-refractivity contribution in [3.8, 4) is 0 Å². The molecule has 6 heteroatoms. The van der Waals surface area contributed by atoms with Crippen LogP contribution in [0.4, 0.5) is 5.82 Å². The van der Waals surface area contributed by atoms with Crippen molar-refractivity contribution in [3.63, 3.8) is 0 Å². The fraction of sp³-hybridized carbons (Fsp3) is 0.526. The van der Waals surface area contributed by atoms with Crippen LogP contribution < -0.4 is 4.90 Å². The number of rotatable bonds is 4. The molecule has 2 aromatic rings. The summed E-state index contributed by atoms with van der Waals surface area (Å²) in [7, 11) is 0. The third-order valence-corrected chi connectivity index (χ3v) is 4.75. The van der Waals surface area contributed by atoms with Gasteiger partial charge in [0, 0.05) is 44.5 Å². The summed E-state index contributed by atoms with van der Waals surface area (Å²) in [5, 5.41) is 4.51. The van der Waals surface area contributed by atoms with Crippen LogP contribution in [0.25, 0.3) is 0 Å². The molecule has 0 saturated carbocycles. The lowest BCUT2D eigenvalue weighted by Crippen LogP contribution is -2.36. The van der Waals surface area contributed by atoms with Crippen molar-refractivity contribution in [3.05, 3.63) is 41.9 Å². The summed E-state index contributed by atoms with van der Waals surface area (Å²) in [5.41, 5.74) is 2.10. The second-order valence-electron chi connectivity index (χ2n) is 6.83. The molecule has 1 aliphatic heterocycles. The highest BCUT2D eigenvalue weighted by molar-refractivity contribution is 5.76. The Balaban J connectivity index is 1.58. The molecular formula is C19H27N5O. The number of nitrogens with zero attached hydrogens (tertiary/aromatic N) is 5. The highest BCUT2D eigenvalue weighted by Crippen LogP contribution is 2.18. The molecular weight excluding hydrogens is 314 g/mol. The van der Waals surface area contributed by atoms with E-state index in [0.717, 1.165) is 49.8 Å². The number of carbonyl (C=O) groups is 1. The summed E-state index contributed by atoms with van der Waals surface area (Å²) in [6, 6.07) is 8.10. The van der Waals surface area contributed by atoms with Gasteiger partial charge in [0.1, 0.15) is 5.82 Å². The van der Waals surface area contributed by atoms with Gasteiger partial charge in [0.25, 0.3) is 0 Å². The highest BCUT2D eigenvalue weighted by atomic mass is 16.2. The molecule has 1 aliphatic rings. The van der Waals surface area contributed by atoms with E-state index in [9.17, 15) is 4.79 Å². The molecule has 6 nitrogen and oxygen atoms in total. The maximum absolute atomic E-state index is 12.7. The van der Waals surface area contributed by atoms with E-state index >= 15 is 0 Å². The van der Waals surface area contributed by atoms with Crippen LogP contribution in [0.5, 0.6) is 0 Å². The van der Waals surface area contributed by atoms with Crippen LogP contribution in [0.2, 0.25) is 0 Å². The fourth-order valence-corrected chi connectivity index (χ4v) is 3.50. The van der Waals surface area contributed by atoms with E-state index in [0.29, 0.717) is 6.42 Å². The lowest BCUT2D eigenvalue weighted by molar-refractivity contribution is -0.131. The first-order valence-electron chi connectivity index (χ1n) is 9.01. The minimum absolute atomic E-state index is 0.0800. The van der Waals surface area contributed by atoms with Gasteiger partial charge in [0.2, 0.25) is 5.91 Å². The van der Waals surface area contributed by atoms with Crippen molar-refractivity contribution < 1.29 is 4.79 Å². The monoisotopic (exact) mass is 341 g/mol. The van der Waals surface area contributed by atoms with E-state index in [1.165, 1.54) is 0 Å². The van der Waals surface area contributed by atoms with E-state index in [-0.39, 0.29) is 11.9 Å². The Kier molecular flexibility index (Phi) is 5.36. The highest BCUT2D eigenvalue weighted by Gasteiger charge is 2.22. The van der Waals surface area contributed by atoms with Crippen LogP contribution in [0, 0.1) is 13.8 Å². The average molecular weight is 341 g/mol. The van der Waals surface area contributed by atoms with Gasteiger partial charge in [-0.2, -0.15) is 5.10 Å². The van der Waals surface area contributed by atoms with Gasteiger partial charge in [-0.3, -0.25) is 9.48 Å². The molecule has 0 spiro atoms. The van der Waals surface area contributed by atoms with Crippen LogP contribution in [-0.4, -0.2) is 51.8 Å². The van der Waals surface area contributed by atoms with Gasteiger partial charge in [-0.05, 0) is 45.4 Å². The maximum atomic E-state index is 12.7. The van der Waals surface area contributed by atoms with Gasteiger partial charge >= 0.3 is 0 Å². The van der Waals surface area contributed by atoms with Gasteiger partial charge < -0.3 is 9.80 Å². The maximum Gasteiger partial charge on any atom is 0.224 e.